The van der Waals surface area contributed by atoms with Gasteiger partial charge in [-0.2, -0.15) is 0 Å². The highest BCUT2D eigenvalue weighted by Gasteiger charge is 2.13. The average molecular weight is 354 g/mol. The number of amides is 1. The zero-order chi connectivity index (χ0) is 17.2. The fourth-order valence-electron chi connectivity index (χ4n) is 2.63. The maximum Gasteiger partial charge on any atom is 0.211 e. The molecule has 0 unspecified atom stereocenters. The summed E-state index contributed by atoms with van der Waals surface area (Å²) in [6, 6.07) is 5.72. The molecule has 0 aliphatic carbocycles. The van der Waals surface area contributed by atoms with E-state index in [2.05, 4.69) is 5.32 Å². The van der Waals surface area contributed by atoms with Crippen LogP contribution in [-0.2, 0) is 20.7 Å². The Morgan fingerprint density at radius 3 is 2.83 bits per heavy atom. The fraction of sp³-hybridized carbons (Fsp3) is 0.500. The molecule has 24 heavy (non-hydrogen) atoms. The molecular formula is C18H24ClNO4. The minimum Gasteiger partial charge on any atom is -0.492 e. The molecule has 1 aromatic carbocycles. The minimum absolute atomic E-state index is 0.550. The summed E-state index contributed by atoms with van der Waals surface area (Å²) >= 11 is 6.20. The highest BCUT2D eigenvalue weighted by atomic mass is 35.5. The SMILES string of the molecule is COCCCOc1cc(CC(NC=O)=C2CCOCC2)ccc1Cl. The first-order valence-corrected chi connectivity index (χ1v) is 8.51. The third-order valence-corrected chi connectivity index (χ3v) is 4.20. The molecule has 1 N–H and O–H groups in total. The standard InChI is InChI=1S/C18H24ClNO4/c1-22-7-2-8-24-18-12-14(3-4-16(18)19)11-17(20-13-21)15-5-9-23-10-6-15/h3-4,12-13H,2,5-11H2,1H3,(H,20,21). The Hall–Kier alpha value is -1.56. The van der Waals surface area contributed by atoms with Gasteiger partial charge in [-0.25, -0.2) is 0 Å². The molecule has 6 heteroatoms. The molecule has 0 bridgehead atoms. The van der Waals surface area contributed by atoms with Gasteiger partial charge in [-0.1, -0.05) is 17.7 Å². The monoisotopic (exact) mass is 353 g/mol. The average Bonchev–Trinajstić information content (AvgIpc) is 2.61. The van der Waals surface area contributed by atoms with Crippen LogP contribution in [0.3, 0.4) is 0 Å². The molecule has 0 spiro atoms. The van der Waals surface area contributed by atoms with Gasteiger partial charge in [0.1, 0.15) is 5.75 Å². The van der Waals surface area contributed by atoms with Gasteiger partial charge in [0.2, 0.25) is 6.41 Å². The molecule has 1 fully saturated rings. The van der Waals surface area contributed by atoms with Gasteiger partial charge in [0.15, 0.2) is 0 Å². The van der Waals surface area contributed by atoms with E-state index in [9.17, 15) is 4.79 Å². The normalized spacial score (nSPS) is 14.3. The Balaban J connectivity index is 2.07. The lowest BCUT2D eigenvalue weighted by atomic mass is 10.00. The van der Waals surface area contributed by atoms with Crippen molar-refractivity contribution in [1.29, 1.82) is 0 Å². The van der Waals surface area contributed by atoms with Crippen LogP contribution in [0, 0.1) is 0 Å². The van der Waals surface area contributed by atoms with Crippen LogP contribution in [0.5, 0.6) is 5.75 Å². The second-order valence-corrected chi connectivity index (χ2v) is 6.00. The maximum atomic E-state index is 10.9. The predicted molar refractivity (Wildman–Crippen MR) is 93.4 cm³/mol. The lowest BCUT2D eigenvalue weighted by Gasteiger charge is -2.19. The number of carbonyl (C=O) groups is 1. The van der Waals surface area contributed by atoms with Crippen molar-refractivity contribution in [3.63, 3.8) is 0 Å². The Bertz CT molecular complexity index is 566. The van der Waals surface area contributed by atoms with E-state index >= 15 is 0 Å². The van der Waals surface area contributed by atoms with Crippen LogP contribution < -0.4 is 10.1 Å². The smallest absolute Gasteiger partial charge is 0.211 e. The zero-order valence-electron chi connectivity index (χ0n) is 14.0. The Morgan fingerprint density at radius 2 is 2.12 bits per heavy atom. The quantitative estimate of drug-likeness (QED) is 0.547. The summed E-state index contributed by atoms with van der Waals surface area (Å²) in [6.07, 6.45) is 3.88. The first-order valence-electron chi connectivity index (χ1n) is 8.13. The van der Waals surface area contributed by atoms with Crippen LogP contribution in [0.25, 0.3) is 0 Å². The number of ether oxygens (including phenoxy) is 3. The first-order chi connectivity index (χ1) is 11.7. The lowest BCUT2D eigenvalue weighted by Crippen LogP contribution is -2.19. The fourth-order valence-corrected chi connectivity index (χ4v) is 2.80. The highest BCUT2D eigenvalue weighted by Crippen LogP contribution is 2.27. The van der Waals surface area contributed by atoms with Crippen molar-refractivity contribution < 1.29 is 19.0 Å². The number of hydrogen-bond donors (Lipinski definition) is 1. The number of halogens is 1. The zero-order valence-corrected chi connectivity index (χ0v) is 14.7. The lowest BCUT2D eigenvalue weighted by molar-refractivity contribution is -0.109. The van der Waals surface area contributed by atoms with Crippen LogP contribution >= 0.6 is 11.6 Å². The Morgan fingerprint density at radius 1 is 1.33 bits per heavy atom. The summed E-state index contributed by atoms with van der Waals surface area (Å²) in [4.78, 5) is 10.9. The summed E-state index contributed by atoms with van der Waals surface area (Å²) in [5.41, 5.74) is 3.23. The number of benzene rings is 1. The van der Waals surface area contributed by atoms with Crippen LogP contribution in [0.15, 0.2) is 29.5 Å². The third kappa shape index (κ3) is 5.82. The van der Waals surface area contributed by atoms with Gasteiger partial charge in [-0.3, -0.25) is 4.79 Å². The van der Waals surface area contributed by atoms with Crippen molar-refractivity contribution in [2.24, 2.45) is 0 Å². The topological polar surface area (TPSA) is 56.8 Å². The maximum absolute atomic E-state index is 10.9. The van der Waals surface area contributed by atoms with E-state index in [1.807, 2.05) is 18.2 Å². The van der Waals surface area contributed by atoms with E-state index in [1.54, 1.807) is 7.11 Å². The van der Waals surface area contributed by atoms with E-state index in [1.165, 1.54) is 5.57 Å². The molecule has 0 radical (unpaired) electrons. The molecule has 1 aliphatic rings. The van der Waals surface area contributed by atoms with Crippen LogP contribution in [0.1, 0.15) is 24.8 Å². The predicted octanol–water partition coefficient (Wildman–Crippen LogP) is 3.11. The molecule has 1 aliphatic heterocycles. The minimum atomic E-state index is 0.550. The van der Waals surface area contributed by atoms with E-state index in [0.29, 0.717) is 43.6 Å². The molecule has 1 heterocycles. The van der Waals surface area contributed by atoms with E-state index < -0.39 is 0 Å². The van der Waals surface area contributed by atoms with Gasteiger partial charge in [-0.15, -0.1) is 0 Å². The molecule has 132 valence electrons. The van der Waals surface area contributed by atoms with Crippen molar-refractivity contribution in [2.75, 3.05) is 33.5 Å². The van der Waals surface area contributed by atoms with Crippen molar-refractivity contribution in [2.45, 2.75) is 25.7 Å². The van der Waals surface area contributed by atoms with Crippen molar-refractivity contribution >= 4 is 18.0 Å². The van der Waals surface area contributed by atoms with Gasteiger partial charge in [0.05, 0.1) is 24.8 Å². The molecule has 5 nitrogen and oxygen atoms in total. The summed E-state index contributed by atoms with van der Waals surface area (Å²) in [7, 11) is 1.67. The summed E-state index contributed by atoms with van der Waals surface area (Å²) in [6.45, 7) is 2.61. The van der Waals surface area contributed by atoms with Crippen molar-refractivity contribution in [3.05, 3.63) is 40.1 Å². The number of allylic oxidation sites excluding steroid dienone is 1. The Kier molecular flexibility index (Phi) is 8.08. The molecular weight excluding hydrogens is 330 g/mol. The van der Waals surface area contributed by atoms with Crippen LogP contribution in [0.2, 0.25) is 5.02 Å². The largest absolute Gasteiger partial charge is 0.492 e. The van der Waals surface area contributed by atoms with E-state index in [-0.39, 0.29) is 0 Å². The molecule has 0 aromatic heterocycles. The second-order valence-electron chi connectivity index (χ2n) is 5.59. The number of nitrogens with one attached hydrogen (secondary N) is 1. The van der Waals surface area contributed by atoms with Gasteiger partial charge in [0.25, 0.3) is 0 Å². The second kappa shape index (κ2) is 10.3. The van der Waals surface area contributed by atoms with Crippen LogP contribution in [-0.4, -0.2) is 39.9 Å². The van der Waals surface area contributed by atoms with Gasteiger partial charge < -0.3 is 19.5 Å². The first kappa shape index (κ1) is 18.8. The van der Waals surface area contributed by atoms with Gasteiger partial charge in [-0.05, 0) is 36.1 Å². The summed E-state index contributed by atoms with van der Waals surface area (Å²) < 4.78 is 16.1. The van der Waals surface area contributed by atoms with Crippen LogP contribution in [0.4, 0.5) is 0 Å². The molecule has 0 saturated carbocycles. The molecule has 1 amide bonds. The third-order valence-electron chi connectivity index (χ3n) is 3.88. The molecule has 0 atom stereocenters. The number of hydrogen-bond acceptors (Lipinski definition) is 4. The summed E-state index contributed by atoms with van der Waals surface area (Å²) in [5, 5.41) is 3.43. The van der Waals surface area contributed by atoms with Gasteiger partial charge >= 0.3 is 0 Å². The van der Waals surface area contributed by atoms with Gasteiger partial charge in [0, 0.05) is 32.3 Å². The Labute approximate surface area is 147 Å². The number of rotatable bonds is 9. The van der Waals surface area contributed by atoms with Crippen molar-refractivity contribution in [1.82, 2.24) is 5.32 Å². The highest BCUT2D eigenvalue weighted by molar-refractivity contribution is 6.32. The number of methoxy groups -OCH3 is 1. The van der Waals surface area contributed by atoms with E-state index in [0.717, 1.165) is 36.9 Å². The van der Waals surface area contributed by atoms with Crippen molar-refractivity contribution in [3.8, 4) is 5.75 Å². The molecule has 1 aromatic rings. The number of carbonyl (C=O) groups excluding carboxylic acids is 1. The van der Waals surface area contributed by atoms with E-state index in [4.69, 9.17) is 25.8 Å². The molecule has 1 saturated heterocycles. The summed E-state index contributed by atoms with van der Waals surface area (Å²) in [5.74, 6) is 0.660. The molecule has 2 rings (SSSR count).